The van der Waals surface area contributed by atoms with Gasteiger partial charge >= 0.3 is 0 Å². The van der Waals surface area contributed by atoms with Crippen LogP contribution < -0.4 is 9.80 Å². The van der Waals surface area contributed by atoms with Crippen molar-refractivity contribution in [3.05, 3.63) is 215 Å². The predicted molar refractivity (Wildman–Crippen MR) is 308 cm³/mol. The number of aryl methyl sites for hydroxylation is 6. The second-order valence-electron chi connectivity index (χ2n) is 20.3. The van der Waals surface area contributed by atoms with E-state index in [0.717, 1.165) is 155 Å². The van der Waals surface area contributed by atoms with Gasteiger partial charge in [-0.25, -0.2) is 0 Å². The van der Waals surface area contributed by atoms with E-state index in [1.54, 1.807) is 0 Å². The fourth-order valence-electron chi connectivity index (χ4n) is 12.3. The summed E-state index contributed by atoms with van der Waals surface area (Å²) in [5, 5.41) is 13.3. The van der Waals surface area contributed by atoms with Crippen molar-refractivity contribution in [1.82, 2.24) is 0 Å². The van der Waals surface area contributed by atoms with Crippen molar-refractivity contribution < 1.29 is 17.7 Å². The quantitative estimate of drug-likeness (QED) is 0.165. The Labute approximate surface area is 425 Å². The van der Waals surface area contributed by atoms with Crippen molar-refractivity contribution >= 4 is 143 Å². The minimum atomic E-state index is 0.796. The molecular formula is C68H48N2O4. The molecule has 0 N–H and O–H groups in total. The molecule has 354 valence electrons. The van der Waals surface area contributed by atoms with Crippen molar-refractivity contribution in [3.8, 4) is 0 Å². The molecule has 15 rings (SSSR count). The summed E-state index contributed by atoms with van der Waals surface area (Å²) in [5.74, 6) is 0. The van der Waals surface area contributed by atoms with Crippen molar-refractivity contribution in [2.75, 3.05) is 9.80 Å². The molecule has 0 aliphatic carbocycles. The first-order chi connectivity index (χ1) is 36.1. The number of para-hydroxylation sites is 4. The molecule has 0 aliphatic heterocycles. The first-order valence-corrected chi connectivity index (χ1v) is 25.4. The first kappa shape index (κ1) is 42.4. The zero-order chi connectivity index (χ0) is 49.7. The largest absolute Gasteiger partial charge is 0.456 e. The van der Waals surface area contributed by atoms with E-state index in [9.17, 15) is 0 Å². The highest BCUT2D eigenvalue weighted by atomic mass is 16.3. The average Bonchev–Trinajstić information content (AvgIpc) is 4.20. The normalized spacial score (nSPS) is 12.2. The number of rotatable bonds is 6. The number of hydrogen-bond acceptors (Lipinski definition) is 6. The molecule has 0 aliphatic rings. The van der Waals surface area contributed by atoms with Crippen LogP contribution in [0.25, 0.3) is 109 Å². The predicted octanol–water partition coefficient (Wildman–Crippen LogP) is 20.4. The molecule has 4 aromatic heterocycles. The minimum absolute atomic E-state index is 0.796. The molecule has 0 spiro atoms. The molecule has 4 heterocycles. The molecule has 6 heteroatoms. The Balaban J connectivity index is 0.844. The Morgan fingerprint density at radius 2 is 0.662 bits per heavy atom. The Hall–Kier alpha value is -9.26. The maximum absolute atomic E-state index is 6.75. The molecule has 0 unspecified atom stereocenters. The summed E-state index contributed by atoms with van der Waals surface area (Å²) in [6, 6.07) is 65.1. The SMILES string of the molecule is Cc1ccccc1N(c1ccc2cc3c(cc2c1)oc1cc2oc4cc5cc(N(c6ccccc6C)c6c(C)cc7oc8ccccc8c7c6C)ccc5cc4c2cc13)c1c(C)cc2oc3ccccc3c2c1C. The molecule has 0 saturated carbocycles. The number of nitrogens with zero attached hydrogens (tertiary/aromatic N) is 2. The summed E-state index contributed by atoms with van der Waals surface area (Å²) in [7, 11) is 0. The van der Waals surface area contributed by atoms with Gasteiger partial charge in [-0.15, -0.1) is 0 Å². The maximum atomic E-state index is 6.75. The van der Waals surface area contributed by atoms with Crippen LogP contribution in [0.3, 0.4) is 0 Å². The summed E-state index contributed by atoms with van der Waals surface area (Å²) < 4.78 is 26.3. The highest BCUT2D eigenvalue weighted by Crippen LogP contribution is 2.49. The van der Waals surface area contributed by atoms with Crippen LogP contribution in [0.4, 0.5) is 34.1 Å². The third-order valence-electron chi connectivity index (χ3n) is 15.8. The van der Waals surface area contributed by atoms with Crippen LogP contribution in [0.5, 0.6) is 0 Å². The minimum Gasteiger partial charge on any atom is -0.456 e. The third kappa shape index (κ3) is 6.18. The van der Waals surface area contributed by atoms with E-state index in [1.165, 1.54) is 22.3 Å². The van der Waals surface area contributed by atoms with Gasteiger partial charge in [0.1, 0.15) is 44.7 Å². The van der Waals surface area contributed by atoms with Gasteiger partial charge < -0.3 is 27.5 Å². The molecule has 0 bridgehead atoms. The van der Waals surface area contributed by atoms with Gasteiger partial charge in [-0.1, -0.05) is 84.9 Å². The molecule has 11 aromatic carbocycles. The number of hydrogen-bond donors (Lipinski definition) is 0. The van der Waals surface area contributed by atoms with Crippen molar-refractivity contribution in [2.24, 2.45) is 0 Å². The van der Waals surface area contributed by atoms with E-state index in [2.05, 4.69) is 221 Å². The highest BCUT2D eigenvalue weighted by molar-refractivity contribution is 6.19. The zero-order valence-electron chi connectivity index (χ0n) is 41.8. The fraction of sp³-hybridized carbons (Fsp3) is 0.0882. The van der Waals surface area contributed by atoms with Gasteiger partial charge in [0.05, 0.1) is 11.4 Å². The van der Waals surface area contributed by atoms with Crippen molar-refractivity contribution in [2.45, 2.75) is 41.5 Å². The summed E-state index contributed by atoms with van der Waals surface area (Å²) in [6.45, 7) is 13.2. The lowest BCUT2D eigenvalue weighted by molar-refractivity contribution is 0.656. The third-order valence-corrected chi connectivity index (χ3v) is 15.8. The van der Waals surface area contributed by atoms with E-state index in [0.29, 0.717) is 0 Å². The van der Waals surface area contributed by atoms with Crippen molar-refractivity contribution in [1.29, 1.82) is 0 Å². The monoisotopic (exact) mass is 956 g/mol. The maximum Gasteiger partial charge on any atom is 0.139 e. The zero-order valence-corrected chi connectivity index (χ0v) is 41.8. The second-order valence-corrected chi connectivity index (χ2v) is 20.3. The molecule has 0 fully saturated rings. The van der Waals surface area contributed by atoms with Crippen LogP contribution in [0.2, 0.25) is 0 Å². The highest BCUT2D eigenvalue weighted by Gasteiger charge is 2.26. The Bertz CT molecular complexity index is 4580. The molecule has 74 heavy (non-hydrogen) atoms. The van der Waals surface area contributed by atoms with E-state index in [-0.39, 0.29) is 0 Å². The fourth-order valence-corrected chi connectivity index (χ4v) is 12.3. The molecule has 15 aromatic rings. The number of benzene rings is 11. The van der Waals surface area contributed by atoms with E-state index >= 15 is 0 Å². The second kappa shape index (κ2) is 15.6. The number of anilines is 6. The van der Waals surface area contributed by atoms with E-state index < -0.39 is 0 Å². The lowest BCUT2D eigenvalue weighted by Crippen LogP contribution is -2.14. The number of furan rings is 4. The van der Waals surface area contributed by atoms with Gasteiger partial charge in [0.25, 0.3) is 0 Å². The van der Waals surface area contributed by atoms with Crippen LogP contribution in [0.1, 0.15) is 33.4 Å². The molecule has 0 radical (unpaired) electrons. The smallest absolute Gasteiger partial charge is 0.139 e. The van der Waals surface area contributed by atoms with Gasteiger partial charge in [0, 0.05) is 71.9 Å². The van der Waals surface area contributed by atoms with Gasteiger partial charge in [-0.05, 0) is 187 Å². The molecule has 0 saturated heterocycles. The topological polar surface area (TPSA) is 59.0 Å². The lowest BCUT2D eigenvalue weighted by Gasteiger charge is -2.30. The van der Waals surface area contributed by atoms with Crippen LogP contribution in [-0.2, 0) is 0 Å². The molecule has 0 amide bonds. The van der Waals surface area contributed by atoms with Crippen LogP contribution in [-0.4, -0.2) is 0 Å². The summed E-state index contributed by atoms with van der Waals surface area (Å²) in [4.78, 5) is 4.83. The van der Waals surface area contributed by atoms with E-state index in [4.69, 9.17) is 17.7 Å². The molecule has 6 nitrogen and oxygen atoms in total. The Morgan fingerprint density at radius 1 is 0.270 bits per heavy atom. The lowest BCUT2D eigenvalue weighted by atomic mass is 9.98. The van der Waals surface area contributed by atoms with Gasteiger partial charge in [0.15, 0.2) is 0 Å². The first-order valence-electron chi connectivity index (χ1n) is 25.4. The van der Waals surface area contributed by atoms with Crippen LogP contribution >= 0.6 is 0 Å². The van der Waals surface area contributed by atoms with Gasteiger partial charge in [-0.3, -0.25) is 0 Å². The Kier molecular flexibility index (Phi) is 8.95. The van der Waals surface area contributed by atoms with Crippen molar-refractivity contribution in [3.63, 3.8) is 0 Å². The molecule has 0 atom stereocenters. The molecular weight excluding hydrogens is 909 g/mol. The standard InChI is InChI=1S/C68H48N2O4/c1-37-15-7-11-19-55(37)69(67-39(3)27-63-65(41(67)5)49-17-9-13-21-57(49)71-63)47-25-23-43-31-51-53-35-54-52-32-44-24-26-48(30-46(44)34-60(52)74-62(54)36-61(53)73-59(51)33-45(43)29-47)70(56-20-12-8-16-38(56)2)68-40(4)28-64-66(42(68)6)50-18-10-14-22-58(50)72-64/h7-36H,1-6H3. The van der Waals surface area contributed by atoms with Gasteiger partial charge in [0.2, 0.25) is 0 Å². The average molecular weight is 957 g/mol. The van der Waals surface area contributed by atoms with Crippen LogP contribution in [0.15, 0.2) is 200 Å². The van der Waals surface area contributed by atoms with Gasteiger partial charge in [-0.2, -0.15) is 0 Å². The summed E-state index contributed by atoms with van der Waals surface area (Å²) >= 11 is 0. The summed E-state index contributed by atoms with van der Waals surface area (Å²) in [6.07, 6.45) is 0. The Morgan fingerprint density at radius 3 is 1.12 bits per heavy atom. The van der Waals surface area contributed by atoms with E-state index in [1.807, 2.05) is 12.1 Å². The number of fused-ring (bicyclic) bond motifs is 14. The van der Waals surface area contributed by atoms with Crippen LogP contribution in [0, 0.1) is 41.5 Å². The summed E-state index contributed by atoms with van der Waals surface area (Å²) in [5.41, 5.74) is 20.6.